The number of nitrogens with two attached hydrogens (primary N) is 1. The Morgan fingerprint density at radius 1 is 1.21 bits per heavy atom. The molecule has 0 fully saturated rings. The lowest BCUT2D eigenvalue weighted by Crippen LogP contribution is -2.26. The Bertz CT molecular complexity index is 693. The first-order chi connectivity index (χ1) is 11.5. The van der Waals surface area contributed by atoms with Gasteiger partial charge in [0.25, 0.3) is 0 Å². The van der Waals surface area contributed by atoms with Crippen LogP contribution in [0.3, 0.4) is 0 Å². The van der Waals surface area contributed by atoms with Gasteiger partial charge in [0.15, 0.2) is 17.4 Å². The standard InChI is InChI=1S/C18H20F2N2O2/c1-2-15(22-11-10-16(21)23)13-8-9-14(19)18(17(13)20)24-12-6-4-3-5-7-12/h3-9,15,22H,2,10-11H2,1H3,(H2,21,23)/t15-/m1/s1. The number of halogens is 2. The molecule has 0 unspecified atom stereocenters. The Morgan fingerprint density at radius 3 is 2.54 bits per heavy atom. The summed E-state index contributed by atoms with van der Waals surface area (Å²) in [5, 5.41) is 3.05. The predicted molar refractivity (Wildman–Crippen MR) is 87.7 cm³/mol. The van der Waals surface area contributed by atoms with Gasteiger partial charge in [0.1, 0.15) is 5.75 Å². The average Bonchev–Trinajstić information content (AvgIpc) is 2.57. The fourth-order valence-electron chi connectivity index (χ4n) is 2.36. The second kappa shape index (κ2) is 8.40. The summed E-state index contributed by atoms with van der Waals surface area (Å²) in [7, 11) is 0. The molecular formula is C18H20F2N2O2. The summed E-state index contributed by atoms with van der Waals surface area (Å²) in [5.41, 5.74) is 5.38. The van der Waals surface area contributed by atoms with Crippen molar-refractivity contribution in [2.24, 2.45) is 5.73 Å². The SMILES string of the molecule is CC[C@@H](NCCC(N)=O)c1ccc(F)c(Oc2ccccc2)c1F. The predicted octanol–water partition coefficient (Wildman–Crippen LogP) is 3.67. The third-order valence-corrected chi connectivity index (χ3v) is 3.59. The summed E-state index contributed by atoms with van der Waals surface area (Å²) in [6, 6.07) is 10.6. The average molecular weight is 334 g/mol. The molecule has 4 nitrogen and oxygen atoms in total. The molecule has 3 N–H and O–H groups in total. The molecule has 0 bridgehead atoms. The van der Waals surface area contributed by atoms with Crippen molar-refractivity contribution in [2.75, 3.05) is 6.54 Å². The third kappa shape index (κ3) is 4.52. The minimum absolute atomic E-state index is 0.146. The second-order valence-corrected chi connectivity index (χ2v) is 5.33. The van der Waals surface area contributed by atoms with Gasteiger partial charge in [-0.15, -0.1) is 0 Å². The molecular weight excluding hydrogens is 314 g/mol. The largest absolute Gasteiger partial charge is 0.451 e. The molecule has 0 spiro atoms. The molecule has 0 aromatic heterocycles. The van der Waals surface area contributed by atoms with Crippen molar-refractivity contribution in [1.29, 1.82) is 0 Å². The van der Waals surface area contributed by atoms with E-state index in [0.29, 0.717) is 18.7 Å². The van der Waals surface area contributed by atoms with E-state index in [1.807, 2.05) is 6.92 Å². The van der Waals surface area contributed by atoms with Crippen molar-refractivity contribution in [3.63, 3.8) is 0 Å². The number of rotatable bonds is 8. The zero-order valence-corrected chi connectivity index (χ0v) is 13.4. The number of hydrogen-bond acceptors (Lipinski definition) is 3. The highest BCUT2D eigenvalue weighted by Crippen LogP contribution is 2.32. The minimum Gasteiger partial charge on any atom is -0.451 e. The number of ether oxygens (including phenoxy) is 1. The number of para-hydroxylation sites is 1. The van der Waals surface area contributed by atoms with Crippen LogP contribution in [0.15, 0.2) is 42.5 Å². The number of primary amides is 1. The van der Waals surface area contributed by atoms with Crippen LogP contribution in [0.25, 0.3) is 0 Å². The molecule has 2 aromatic carbocycles. The van der Waals surface area contributed by atoms with Crippen LogP contribution >= 0.6 is 0 Å². The number of hydrogen-bond donors (Lipinski definition) is 2. The Hall–Kier alpha value is -2.47. The second-order valence-electron chi connectivity index (χ2n) is 5.33. The van der Waals surface area contributed by atoms with Crippen LogP contribution in [0.2, 0.25) is 0 Å². The van der Waals surface area contributed by atoms with Gasteiger partial charge in [-0.2, -0.15) is 0 Å². The quantitative estimate of drug-likeness (QED) is 0.774. The number of carbonyl (C=O) groups excluding carboxylic acids is 1. The molecule has 2 aromatic rings. The third-order valence-electron chi connectivity index (χ3n) is 3.59. The summed E-state index contributed by atoms with van der Waals surface area (Å²) in [6.07, 6.45) is 0.707. The fourth-order valence-corrected chi connectivity index (χ4v) is 2.36. The summed E-state index contributed by atoms with van der Waals surface area (Å²) >= 11 is 0. The van der Waals surface area contributed by atoms with Gasteiger partial charge in [-0.1, -0.05) is 31.2 Å². The van der Waals surface area contributed by atoms with Crippen LogP contribution < -0.4 is 15.8 Å². The Morgan fingerprint density at radius 2 is 1.92 bits per heavy atom. The van der Waals surface area contributed by atoms with Gasteiger partial charge in [-0.05, 0) is 24.6 Å². The maximum atomic E-state index is 14.7. The van der Waals surface area contributed by atoms with Crippen molar-refractivity contribution >= 4 is 5.91 Å². The lowest BCUT2D eigenvalue weighted by molar-refractivity contribution is -0.117. The molecule has 0 aliphatic rings. The maximum absolute atomic E-state index is 14.7. The van der Waals surface area contributed by atoms with E-state index < -0.39 is 23.3 Å². The lowest BCUT2D eigenvalue weighted by atomic mass is 10.0. The van der Waals surface area contributed by atoms with E-state index in [4.69, 9.17) is 10.5 Å². The van der Waals surface area contributed by atoms with Crippen LogP contribution in [0.5, 0.6) is 11.5 Å². The van der Waals surface area contributed by atoms with E-state index >= 15 is 0 Å². The molecule has 1 atom stereocenters. The van der Waals surface area contributed by atoms with Gasteiger partial charge < -0.3 is 15.8 Å². The summed E-state index contributed by atoms with van der Waals surface area (Å²) in [4.78, 5) is 10.8. The van der Waals surface area contributed by atoms with Gasteiger partial charge in [-0.3, -0.25) is 4.79 Å². The van der Waals surface area contributed by atoms with E-state index in [9.17, 15) is 13.6 Å². The first kappa shape index (κ1) is 17.9. The van der Waals surface area contributed by atoms with Gasteiger partial charge in [0, 0.05) is 24.6 Å². The number of benzene rings is 2. The first-order valence-corrected chi connectivity index (χ1v) is 7.75. The van der Waals surface area contributed by atoms with Gasteiger partial charge in [0.2, 0.25) is 5.91 Å². The topological polar surface area (TPSA) is 64.3 Å². The first-order valence-electron chi connectivity index (χ1n) is 7.75. The maximum Gasteiger partial charge on any atom is 0.218 e. The van der Waals surface area contributed by atoms with Gasteiger partial charge >= 0.3 is 0 Å². The van der Waals surface area contributed by atoms with Crippen LogP contribution in [-0.2, 0) is 4.79 Å². The summed E-state index contributed by atoms with van der Waals surface area (Å²) in [5.74, 6) is -2.05. The van der Waals surface area contributed by atoms with Crippen LogP contribution in [-0.4, -0.2) is 12.5 Å². The number of amides is 1. The zero-order chi connectivity index (χ0) is 17.5. The summed E-state index contributed by atoms with van der Waals surface area (Å²) < 4.78 is 34.1. The fraction of sp³-hybridized carbons (Fsp3) is 0.278. The van der Waals surface area contributed by atoms with Gasteiger partial charge in [-0.25, -0.2) is 8.78 Å². The Labute approximate surface area is 139 Å². The highest BCUT2D eigenvalue weighted by molar-refractivity contribution is 5.73. The lowest BCUT2D eigenvalue weighted by Gasteiger charge is -2.19. The van der Waals surface area contributed by atoms with Crippen LogP contribution in [0.1, 0.15) is 31.4 Å². The molecule has 1 amide bonds. The highest BCUT2D eigenvalue weighted by atomic mass is 19.1. The van der Waals surface area contributed by atoms with E-state index in [-0.39, 0.29) is 18.0 Å². The molecule has 0 saturated carbocycles. The van der Waals surface area contributed by atoms with Gasteiger partial charge in [0.05, 0.1) is 0 Å². The van der Waals surface area contributed by atoms with Crippen molar-refractivity contribution in [3.05, 3.63) is 59.7 Å². The Balaban J connectivity index is 2.24. The Kier molecular flexibility index (Phi) is 6.26. The smallest absolute Gasteiger partial charge is 0.218 e. The zero-order valence-electron chi connectivity index (χ0n) is 13.4. The van der Waals surface area contributed by atoms with E-state index in [2.05, 4.69) is 5.32 Å². The minimum atomic E-state index is -0.771. The molecule has 0 aliphatic heterocycles. The van der Waals surface area contributed by atoms with Crippen LogP contribution in [0.4, 0.5) is 8.78 Å². The number of carbonyl (C=O) groups is 1. The highest BCUT2D eigenvalue weighted by Gasteiger charge is 2.21. The molecule has 24 heavy (non-hydrogen) atoms. The molecule has 128 valence electrons. The van der Waals surface area contributed by atoms with Crippen molar-refractivity contribution < 1.29 is 18.3 Å². The molecule has 0 radical (unpaired) electrons. The number of nitrogens with one attached hydrogen (secondary N) is 1. The molecule has 0 heterocycles. The van der Waals surface area contributed by atoms with Crippen molar-refractivity contribution in [3.8, 4) is 11.5 Å². The van der Waals surface area contributed by atoms with Crippen molar-refractivity contribution in [2.45, 2.75) is 25.8 Å². The van der Waals surface area contributed by atoms with E-state index in [1.54, 1.807) is 30.3 Å². The molecule has 2 rings (SSSR count). The van der Waals surface area contributed by atoms with E-state index in [0.717, 1.165) is 0 Å². The van der Waals surface area contributed by atoms with Crippen molar-refractivity contribution in [1.82, 2.24) is 5.32 Å². The van der Waals surface area contributed by atoms with Crippen LogP contribution in [0, 0.1) is 11.6 Å². The normalized spacial score (nSPS) is 12.0. The summed E-state index contributed by atoms with van der Waals surface area (Å²) in [6.45, 7) is 2.18. The van der Waals surface area contributed by atoms with E-state index in [1.165, 1.54) is 12.1 Å². The molecule has 0 saturated heterocycles. The monoisotopic (exact) mass is 334 g/mol. The molecule has 0 aliphatic carbocycles. The molecule has 6 heteroatoms.